The third-order valence-electron chi connectivity index (χ3n) is 3.14. The topological polar surface area (TPSA) is 78.1 Å². The Morgan fingerprint density at radius 2 is 2.00 bits per heavy atom. The fraction of sp³-hybridized carbons (Fsp3) is 0.0625. The van der Waals surface area contributed by atoms with Crippen molar-refractivity contribution in [2.45, 2.75) is 6.61 Å². The number of hydrogen-bond acceptors (Lipinski definition) is 5. The van der Waals surface area contributed by atoms with Gasteiger partial charge < -0.3 is 10.5 Å². The van der Waals surface area contributed by atoms with Gasteiger partial charge in [0.2, 0.25) is 5.82 Å². The van der Waals surface area contributed by atoms with E-state index < -0.39 is 29.0 Å². The molecule has 2 heterocycles. The van der Waals surface area contributed by atoms with Crippen molar-refractivity contribution in [3.8, 4) is 17.1 Å². The van der Waals surface area contributed by atoms with E-state index in [4.69, 9.17) is 10.5 Å². The lowest BCUT2D eigenvalue weighted by Gasteiger charge is -2.07. The van der Waals surface area contributed by atoms with Gasteiger partial charge in [0.15, 0.2) is 5.82 Å². The van der Waals surface area contributed by atoms with Crippen molar-refractivity contribution in [3.05, 3.63) is 64.1 Å². The highest BCUT2D eigenvalue weighted by atomic mass is 32.1. The monoisotopic (exact) mass is 347 g/mol. The molecule has 0 saturated carbocycles. The SMILES string of the molecule is NC(=O)c1c(F)cnc(OCc2nc(-c3ccccc3)cs2)c1F. The highest BCUT2D eigenvalue weighted by molar-refractivity contribution is 7.09. The second-order valence-corrected chi connectivity index (χ2v) is 5.69. The van der Waals surface area contributed by atoms with Crippen LogP contribution in [0.5, 0.6) is 5.88 Å². The first-order chi connectivity index (χ1) is 11.6. The molecule has 0 saturated heterocycles. The molecule has 24 heavy (non-hydrogen) atoms. The number of carbonyl (C=O) groups is 1. The fourth-order valence-corrected chi connectivity index (χ4v) is 2.74. The van der Waals surface area contributed by atoms with E-state index in [0.29, 0.717) is 11.2 Å². The number of carbonyl (C=O) groups excluding carboxylic acids is 1. The van der Waals surface area contributed by atoms with Crippen LogP contribution in [0.1, 0.15) is 15.4 Å². The Morgan fingerprint density at radius 1 is 1.25 bits per heavy atom. The molecule has 3 rings (SSSR count). The van der Waals surface area contributed by atoms with E-state index >= 15 is 0 Å². The lowest BCUT2D eigenvalue weighted by molar-refractivity contribution is 0.0990. The minimum Gasteiger partial charge on any atom is -0.468 e. The molecule has 0 atom stereocenters. The van der Waals surface area contributed by atoms with Gasteiger partial charge in [-0.1, -0.05) is 30.3 Å². The number of nitrogens with zero attached hydrogens (tertiary/aromatic N) is 2. The van der Waals surface area contributed by atoms with Crippen LogP contribution in [0.3, 0.4) is 0 Å². The average molecular weight is 347 g/mol. The van der Waals surface area contributed by atoms with Gasteiger partial charge in [-0.3, -0.25) is 4.79 Å². The number of amides is 1. The molecule has 8 heteroatoms. The predicted octanol–water partition coefficient (Wildman–Crippen LogP) is 3.16. The maximum absolute atomic E-state index is 14.0. The first-order valence-electron chi connectivity index (χ1n) is 6.82. The minimum atomic E-state index is -1.22. The zero-order valence-corrected chi connectivity index (χ0v) is 13.0. The first-order valence-corrected chi connectivity index (χ1v) is 7.70. The summed E-state index contributed by atoms with van der Waals surface area (Å²) in [5.74, 6) is -4.07. The maximum Gasteiger partial charge on any atom is 0.254 e. The number of primary amides is 1. The van der Waals surface area contributed by atoms with Gasteiger partial charge in [0.1, 0.15) is 17.2 Å². The second-order valence-electron chi connectivity index (χ2n) is 4.75. The van der Waals surface area contributed by atoms with Crippen LogP contribution in [0.15, 0.2) is 41.9 Å². The van der Waals surface area contributed by atoms with Gasteiger partial charge in [0, 0.05) is 10.9 Å². The molecule has 0 bridgehead atoms. The van der Waals surface area contributed by atoms with Crippen molar-refractivity contribution in [2.24, 2.45) is 5.73 Å². The Kier molecular flexibility index (Phi) is 4.48. The summed E-state index contributed by atoms with van der Waals surface area (Å²) in [7, 11) is 0. The van der Waals surface area contributed by atoms with E-state index in [2.05, 4.69) is 9.97 Å². The van der Waals surface area contributed by atoms with Gasteiger partial charge in [0.25, 0.3) is 11.8 Å². The summed E-state index contributed by atoms with van der Waals surface area (Å²) < 4.78 is 32.6. The number of hydrogen-bond donors (Lipinski definition) is 1. The molecule has 2 N–H and O–H groups in total. The number of rotatable bonds is 5. The quantitative estimate of drug-likeness (QED) is 0.769. The van der Waals surface area contributed by atoms with Crippen LogP contribution in [-0.4, -0.2) is 15.9 Å². The lowest BCUT2D eigenvalue weighted by atomic mass is 10.2. The normalized spacial score (nSPS) is 10.6. The second kappa shape index (κ2) is 6.71. The molecule has 0 aliphatic rings. The van der Waals surface area contributed by atoms with Crippen LogP contribution < -0.4 is 10.5 Å². The van der Waals surface area contributed by atoms with Gasteiger partial charge in [-0.05, 0) is 0 Å². The van der Waals surface area contributed by atoms with E-state index in [0.717, 1.165) is 11.3 Å². The van der Waals surface area contributed by atoms with Crippen LogP contribution in [0.2, 0.25) is 0 Å². The predicted molar refractivity (Wildman–Crippen MR) is 84.6 cm³/mol. The van der Waals surface area contributed by atoms with Crippen LogP contribution >= 0.6 is 11.3 Å². The average Bonchev–Trinajstić information content (AvgIpc) is 3.04. The van der Waals surface area contributed by atoms with Crippen molar-refractivity contribution in [2.75, 3.05) is 0 Å². The standard InChI is InChI=1S/C16H11F2N3O2S/c17-10-6-20-16(14(18)13(10)15(19)22)23-7-12-21-11(8-24-12)9-4-2-1-3-5-9/h1-6,8H,7H2,(H2,19,22). The molecule has 1 amide bonds. The molecule has 3 aromatic rings. The Balaban J connectivity index is 1.76. The van der Waals surface area contributed by atoms with E-state index in [1.54, 1.807) is 0 Å². The molecule has 0 radical (unpaired) electrons. The lowest BCUT2D eigenvalue weighted by Crippen LogP contribution is -2.17. The van der Waals surface area contributed by atoms with Gasteiger partial charge in [-0.2, -0.15) is 0 Å². The molecular weight excluding hydrogens is 336 g/mol. The Hall–Kier alpha value is -2.87. The number of benzene rings is 1. The summed E-state index contributed by atoms with van der Waals surface area (Å²) in [4.78, 5) is 19.0. The molecule has 1 aromatic carbocycles. The summed E-state index contributed by atoms with van der Waals surface area (Å²) in [6, 6.07) is 9.53. The van der Waals surface area contributed by atoms with E-state index in [9.17, 15) is 13.6 Å². The third-order valence-corrected chi connectivity index (χ3v) is 3.96. The largest absolute Gasteiger partial charge is 0.468 e. The fourth-order valence-electron chi connectivity index (χ4n) is 2.02. The van der Waals surface area contributed by atoms with E-state index in [1.807, 2.05) is 35.7 Å². The summed E-state index contributed by atoms with van der Waals surface area (Å²) in [5, 5.41) is 2.43. The van der Waals surface area contributed by atoms with Crippen LogP contribution in [0.25, 0.3) is 11.3 Å². The van der Waals surface area contributed by atoms with Crippen LogP contribution in [-0.2, 0) is 6.61 Å². The number of halogens is 2. The smallest absolute Gasteiger partial charge is 0.254 e. The maximum atomic E-state index is 14.0. The molecular formula is C16H11F2N3O2S. The molecule has 122 valence electrons. The molecule has 0 fully saturated rings. The minimum absolute atomic E-state index is 0.0642. The number of ether oxygens (including phenoxy) is 1. The molecule has 0 aliphatic carbocycles. The van der Waals surface area contributed by atoms with Gasteiger partial charge in [-0.25, -0.2) is 18.7 Å². The Labute approximate surface area is 139 Å². The summed E-state index contributed by atoms with van der Waals surface area (Å²) in [6.45, 7) is -0.0642. The van der Waals surface area contributed by atoms with Crippen molar-refractivity contribution >= 4 is 17.2 Å². The van der Waals surface area contributed by atoms with Crippen LogP contribution in [0, 0.1) is 11.6 Å². The molecule has 0 unspecified atom stereocenters. The number of thiazole rings is 1. The number of aromatic nitrogens is 2. The Bertz CT molecular complexity index is 884. The van der Waals surface area contributed by atoms with Crippen molar-refractivity contribution in [3.63, 3.8) is 0 Å². The van der Waals surface area contributed by atoms with E-state index in [-0.39, 0.29) is 6.61 Å². The van der Waals surface area contributed by atoms with Crippen molar-refractivity contribution in [1.29, 1.82) is 0 Å². The summed E-state index contributed by atoms with van der Waals surface area (Å²) in [6.07, 6.45) is 0.690. The molecule has 0 aliphatic heterocycles. The zero-order valence-electron chi connectivity index (χ0n) is 12.2. The van der Waals surface area contributed by atoms with E-state index in [1.165, 1.54) is 11.3 Å². The Morgan fingerprint density at radius 3 is 2.71 bits per heavy atom. The summed E-state index contributed by atoms with van der Waals surface area (Å²) in [5.41, 5.74) is 5.79. The van der Waals surface area contributed by atoms with Crippen molar-refractivity contribution < 1.29 is 18.3 Å². The first kappa shape index (κ1) is 16.0. The van der Waals surface area contributed by atoms with Crippen molar-refractivity contribution in [1.82, 2.24) is 9.97 Å². The highest BCUT2D eigenvalue weighted by Crippen LogP contribution is 2.24. The van der Waals surface area contributed by atoms with Crippen LogP contribution in [0.4, 0.5) is 8.78 Å². The number of nitrogens with two attached hydrogens (primary N) is 1. The molecule has 0 spiro atoms. The zero-order chi connectivity index (χ0) is 17.1. The number of pyridine rings is 1. The van der Waals surface area contributed by atoms with Gasteiger partial charge in [-0.15, -0.1) is 11.3 Å². The highest BCUT2D eigenvalue weighted by Gasteiger charge is 2.21. The third kappa shape index (κ3) is 3.23. The summed E-state index contributed by atoms with van der Waals surface area (Å²) >= 11 is 1.33. The molecule has 5 nitrogen and oxygen atoms in total. The van der Waals surface area contributed by atoms with Gasteiger partial charge in [0.05, 0.1) is 11.9 Å². The van der Waals surface area contributed by atoms with Gasteiger partial charge >= 0.3 is 0 Å². The molecule has 2 aromatic heterocycles.